The van der Waals surface area contributed by atoms with Gasteiger partial charge in [0.1, 0.15) is 5.60 Å². The summed E-state index contributed by atoms with van der Waals surface area (Å²) in [7, 11) is 1.24. The molecule has 0 unspecified atom stereocenters. The fourth-order valence-corrected chi connectivity index (χ4v) is 1.11. The topological polar surface area (TPSA) is 95.3 Å². The van der Waals surface area contributed by atoms with Crippen LogP contribution in [0.4, 0.5) is 4.79 Å². The molecule has 1 heterocycles. The third-order valence-electron chi connectivity index (χ3n) is 1.87. The van der Waals surface area contributed by atoms with Gasteiger partial charge in [-0.15, -0.1) is 5.10 Å². The maximum absolute atomic E-state index is 11.5. The van der Waals surface area contributed by atoms with Crippen molar-refractivity contribution < 1.29 is 19.1 Å². The van der Waals surface area contributed by atoms with Crippen LogP contribution in [-0.4, -0.2) is 39.9 Å². The summed E-state index contributed by atoms with van der Waals surface area (Å²) in [6.45, 7) is 6.78. The van der Waals surface area contributed by atoms with Crippen LogP contribution in [0.15, 0.2) is 0 Å². The predicted molar refractivity (Wildman–Crippen MR) is 61.7 cm³/mol. The smallest absolute Gasteiger partial charge is 0.428 e. The van der Waals surface area contributed by atoms with Gasteiger partial charge in [0.15, 0.2) is 5.69 Å². The van der Waals surface area contributed by atoms with Crippen LogP contribution in [0.5, 0.6) is 0 Å². The van der Waals surface area contributed by atoms with E-state index in [-0.39, 0.29) is 5.69 Å². The van der Waals surface area contributed by atoms with Gasteiger partial charge in [-0.25, -0.2) is 15.0 Å². The molecule has 1 rings (SSSR count). The number of esters is 1. The number of nitrogens with zero attached hydrogens (tertiary/aromatic N) is 3. The van der Waals surface area contributed by atoms with Crippen molar-refractivity contribution in [2.24, 2.45) is 0 Å². The second kappa shape index (κ2) is 5.03. The van der Waals surface area contributed by atoms with Gasteiger partial charge in [0.25, 0.3) is 0 Å². The second-order valence-corrected chi connectivity index (χ2v) is 4.54. The van der Waals surface area contributed by atoms with Gasteiger partial charge in [-0.2, -0.15) is 4.79 Å². The first-order chi connectivity index (χ1) is 8.24. The van der Waals surface area contributed by atoms with Gasteiger partial charge in [0.05, 0.1) is 12.8 Å². The summed E-state index contributed by atoms with van der Waals surface area (Å²) < 4.78 is 9.56. The summed E-state index contributed by atoms with van der Waals surface area (Å²) in [6, 6.07) is 0. The first kappa shape index (κ1) is 13.9. The largest absolute Gasteiger partial charge is 0.464 e. The van der Waals surface area contributed by atoms with E-state index in [1.807, 2.05) is 0 Å². The number of aromatic nitrogens is 3. The third kappa shape index (κ3) is 3.44. The number of carbonyl (C=O) groups excluding carboxylic acids is 2. The monoisotopic (exact) mass is 256 g/mol. The first-order valence-corrected chi connectivity index (χ1v) is 5.25. The number of nitrogens with one attached hydrogen (secondary N) is 1. The molecule has 1 amide bonds. The van der Waals surface area contributed by atoms with Crippen LogP contribution in [0.25, 0.3) is 0 Å². The molecule has 0 bridgehead atoms. The highest BCUT2D eigenvalue weighted by atomic mass is 16.6. The molecule has 0 atom stereocenters. The van der Waals surface area contributed by atoms with Gasteiger partial charge in [-0.05, 0) is 32.9 Å². The quantitative estimate of drug-likeness (QED) is 0.788. The summed E-state index contributed by atoms with van der Waals surface area (Å²) in [5.74, 6) is -0.621. The van der Waals surface area contributed by atoms with Gasteiger partial charge in [0, 0.05) is 0 Å². The molecule has 1 aromatic rings. The van der Waals surface area contributed by atoms with Crippen molar-refractivity contribution in [2.75, 3.05) is 12.5 Å². The Morgan fingerprint density at radius 2 is 1.94 bits per heavy atom. The van der Waals surface area contributed by atoms with Gasteiger partial charge >= 0.3 is 12.1 Å². The van der Waals surface area contributed by atoms with E-state index in [0.29, 0.717) is 5.69 Å². The average Bonchev–Trinajstić information content (AvgIpc) is 2.57. The molecule has 0 aliphatic carbocycles. The molecule has 0 aliphatic rings. The lowest BCUT2D eigenvalue weighted by atomic mass is 10.2. The highest BCUT2D eigenvalue weighted by Crippen LogP contribution is 2.08. The Balaban J connectivity index is 2.78. The molecular formula is C10H16N4O4. The van der Waals surface area contributed by atoms with Crippen molar-refractivity contribution in [1.82, 2.24) is 15.1 Å². The van der Waals surface area contributed by atoms with Crippen molar-refractivity contribution in [3.63, 3.8) is 0 Å². The van der Waals surface area contributed by atoms with Crippen molar-refractivity contribution >= 4 is 12.1 Å². The van der Waals surface area contributed by atoms with E-state index >= 15 is 0 Å². The number of amides is 1. The molecule has 8 heteroatoms. The maximum Gasteiger partial charge on any atom is 0.428 e. The van der Waals surface area contributed by atoms with Gasteiger partial charge < -0.3 is 9.47 Å². The highest BCUT2D eigenvalue weighted by molar-refractivity contribution is 5.88. The summed E-state index contributed by atoms with van der Waals surface area (Å²) in [5.41, 5.74) is 2.11. The Labute approximate surface area is 104 Å². The van der Waals surface area contributed by atoms with E-state index in [1.165, 1.54) is 7.11 Å². The Morgan fingerprint density at radius 3 is 2.44 bits per heavy atom. The minimum absolute atomic E-state index is 0.0357. The van der Waals surface area contributed by atoms with Gasteiger partial charge in [-0.1, -0.05) is 0 Å². The molecule has 1 aromatic heterocycles. The fraction of sp³-hybridized carbons (Fsp3) is 0.600. The zero-order chi connectivity index (χ0) is 13.9. The van der Waals surface area contributed by atoms with Gasteiger partial charge in [0.2, 0.25) is 0 Å². The van der Waals surface area contributed by atoms with E-state index in [0.717, 1.165) is 4.79 Å². The fourth-order valence-electron chi connectivity index (χ4n) is 1.11. The van der Waals surface area contributed by atoms with Crippen LogP contribution in [-0.2, 0) is 9.47 Å². The molecule has 0 saturated heterocycles. The zero-order valence-corrected chi connectivity index (χ0v) is 11.0. The Bertz CT molecular complexity index is 461. The minimum Gasteiger partial charge on any atom is -0.464 e. The Morgan fingerprint density at radius 1 is 1.33 bits per heavy atom. The highest BCUT2D eigenvalue weighted by Gasteiger charge is 2.20. The maximum atomic E-state index is 11.5. The Kier molecular flexibility index (Phi) is 3.89. The zero-order valence-electron chi connectivity index (χ0n) is 11.0. The average molecular weight is 256 g/mol. The van der Waals surface area contributed by atoms with Crippen LogP contribution in [0.1, 0.15) is 37.0 Å². The molecule has 0 aromatic carbocycles. The van der Waals surface area contributed by atoms with Crippen molar-refractivity contribution in [3.05, 3.63) is 11.4 Å². The predicted octanol–water partition coefficient (Wildman–Crippen LogP) is 0.852. The standard InChI is InChI=1S/C10H16N4O4/c1-6-7(8(15)17-5)11-13-14(6)12-9(16)18-10(2,3)4/h1-5H3,(H,12,16). The van der Waals surface area contributed by atoms with Crippen molar-refractivity contribution in [1.29, 1.82) is 0 Å². The van der Waals surface area contributed by atoms with E-state index < -0.39 is 17.7 Å². The van der Waals surface area contributed by atoms with Crippen LogP contribution < -0.4 is 5.43 Å². The van der Waals surface area contributed by atoms with Crippen molar-refractivity contribution in [3.8, 4) is 0 Å². The van der Waals surface area contributed by atoms with E-state index in [1.54, 1.807) is 27.7 Å². The van der Waals surface area contributed by atoms with Crippen LogP contribution in [0, 0.1) is 6.92 Å². The van der Waals surface area contributed by atoms with E-state index in [9.17, 15) is 9.59 Å². The number of hydrogen-bond donors (Lipinski definition) is 1. The molecule has 0 aliphatic heterocycles. The van der Waals surface area contributed by atoms with Crippen LogP contribution in [0.2, 0.25) is 0 Å². The lowest BCUT2D eigenvalue weighted by molar-refractivity contribution is 0.0585. The van der Waals surface area contributed by atoms with E-state index in [4.69, 9.17) is 4.74 Å². The molecule has 100 valence electrons. The molecule has 0 fully saturated rings. The first-order valence-electron chi connectivity index (χ1n) is 5.25. The molecule has 0 spiro atoms. The molecule has 8 nitrogen and oxygen atoms in total. The number of hydrogen-bond acceptors (Lipinski definition) is 6. The summed E-state index contributed by atoms with van der Waals surface area (Å²) in [5, 5.41) is 7.21. The summed E-state index contributed by atoms with van der Waals surface area (Å²) >= 11 is 0. The molecule has 18 heavy (non-hydrogen) atoms. The van der Waals surface area contributed by atoms with Crippen LogP contribution >= 0.6 is 0 Å². The third-order valence-corrected chi connectivity index (χ3v) is 1.87. The summed E-state index contributed by atoms with van der Waals surface area (Å²) in [4.78, 5) is 23.8. The molecule has 1 N–H and O–H groups in total. The molecular weight excluding hydrogens is 240 g/mol. The normalized spacial score (nSPS) is 10.9. The lowest BCUT2D eigenvalue weighted by Crippen LogP contribution is -2.32. The second-order valence-electron chi connectivity index (χ2n) is 4.54. The Hall–Kier alpha value is -2.12. The van der Waals surface area contributed by atoms with Crippen molar-refractivity contribution in [2.45, 2.75) is 33.3 Å². The van der Waals surface area contributed by atoms with Crippen LogP contribution in [0.3, 0.4) is 0 Å². The number of methoxy groups -OCH3 is 1. The number of ether oxygens (including phenoxy) is 2. The number of rotatable bonds is 2. The summed E-state index contributed by atoms with van der Waals surface area (Å²) in [6.07, 6.45) is -0.688. The lowest BCUT2D eigenvalue weighted by Gasteiger charge is -2.19. The van der Waals surface area contributed by atoms with Gasteiger partial charge in [-0.3, -0.25) is 0 Å². The SMILES string of the molecule is COC(=O)c1nnn(NC(=O)OC(C)(C)C)c1C. The number of carbonyl (C=O) groups is 2. The molecule has 0 saturated carbocycles. The molecule has 0 radical (unpaired) electrons. The minimum atomic E-state index is -0.688. The van der Waals surface area contributed by atoms with E-state index in [2.05, 4.69) is 20.5 Å².